The number of carbonyl (C=O) groups is 1. The van der Waals surface area contributed by atoms with Crippen LogP contribution in [0.5, 0.6) is 0 Å². The van der Waals surface area contributed by atoms with Gasteiger partial charge in [-0.2, -0.15) is 0 Å². The molecule has 5 unspecified atom stereocenters. The van der Waals surface area contributed by atoms with Crippen LogP contribution in [0.15, 0.2) is 0 Å². The van der Waals surface area contributed by atoms with Crippen molar-refractivity contribution in [2.24, 2.45) is 23.7 Å². The normalized spacial score (nSPS) is 43.3. The van der Waals surface area contributed by atoms with Gasteiger partial charge in [0.25, 0.3) is 0 Å². The van der Waals surface area contributed by atoms with E-state index in [9.17, 15) is 9.90 Å². The first-order valence-electron chi connectivity index (χ1n) is 8.16. The van der Waals surface area contributed by atoms with Crippen molar-refractivity contribution in [3.63, 3.8) is 0 Å². The first-order valence-corrected chi connectivity index (χ1v) is 8.16. The Balaban J connectivity index is 1.70. The molecule has 19 heavy (non-hydrogen) atoms. The van der Waals surface area contributed by atoms with Gasteiger partial charge in [-0.05, 0) is 49.9 Å². The number of hydrogen-bond donors (Lipinski definition) is 1. The van der Waals surface area contributed by atoms with Gasteiger partial charge in [-0.3, -0.25) is 9.69 Å². The Labute approximate surface area is 116 Å². The molecule has 108 valence electrons. The minimum atomic E-state index is -0.559. The summed E-state index contributed by atoms with van der Waals surface area (Å²) < 4.78 is 0. The molecule has 3 nitrogen and oxygen atoms in total. The molecule has 0 aromatic carbocycles. The number of nitrogens with zero attached hydrogens (tertiary/aromatic N) is 1. The molecule has 3 fully saturated rings. The highest BCUT2D eigenvalue weighted by atomic mass is 16.4. The highest BCUT2D eigenvalue weighted by Crippen LogP contribution is 2.42. The third kappa shape index (κ3) is 2.54. The predicted octanol–water partition coefficient (Wildman–Crippen LogP) is 3.00. The Morgan fingerprint density at radius 1 is 1.16 bits per heavy atom. The molecule has 2 aliphatic carbocycles. The quantitative estimate of drug-likeness (QED) is 0.853. The van der Waals surface area contributed by atoms with Gasteiger partial charge >= 0.3 is 5.97 Å². The van der Waals surface area contributed by atoms with E-state index in [0.29, 0.717) is 6.04 Å². The topological polar surface area (TPSA) is 40.5 Å². The molecule has 1 heterocycles. The summed E-state index contributed by atoms with van der Waals surface area (Å²) in [6.45, 7) is 4.60. The molecule has 5 atom stereocenters. The van der Waals surface area contributed by atoms with Crippen molar-refractivity contribution in [1.82, 2.24) is 4.90 Å². The molecule has 0 amide bonds. The Morgan fingerprint density at radius 2 is 1.84 bits per heavy atom. The Kier molecular flexibility index (Phi) is 3.84. The molecule has 3 heteroatoms. The van der Waals surface area contributed by atoms with Gasteiger partial charge in [-0.1, -0.05) is 19.8 Å². The lowest BCUT2D eigenvalue weighted by Crippen LogP contribution is -2.46. The van der Waals surface area contributed by atoms with Crippen LogP contribution in [-0.4, -0.2) is 35.1 Å². The molecule has 0 aromatic rings. The maximum absolute atomic E-state index is 11.5. The first-order chi connectivity index (χ1) is 9.19. The van der Waals surface area contributed by atoms with Crippen LogP contribution < -0.4 is 0 Å². The van der Waals surface area contributed by atoms with Gasteiger partial charge in [-0.15, -0.1) is 0 Å². The van der Waals surface area contributed by atoms with E-state index < -0.39 is 5.97 Å². The Morgan fingerprint density at radius 3 is 2.42 bits per heavy atom. The molecule has 0 aromatic heterocycles. The van der Waals surface area contributed by atoms with Gasteiger partial charge < -0.3 is 5.11 Å². The molecule has 1 N–H and O–H groups in total. The molecule has 3 aliphatic rings. The van der Waals surface area contributed by atoms with Crippen LogP contribution in [0.2, 0.25) is 0 Å². The fraction of sp³-hybridized carbons (Fsp3) is 0.938. The van der Waals surface area contributed by atoms with Crippen LogP contribution in [0.3, 0.4) is 0 Å². The van der Waals surface area contributed by atoms with Gasteiger partial charge in [-0.25, -0.2) is 0 Å². The van der Waals surface area contributed by atoms with Crippen LogP contribution in [-0.2, 0) is 4.79 Å². The van der Waals surface area contributed by atoms with E-state index in [4.69, 9.17) is 0 Å². The number of likely N-dealkylation sites (tertiary alicyclic amines) is 1. The predicted molar refractivity (Wildman–Crippen MR) is 74.9 cm³/mol. The SMILES string of the molecule is CCC1CCC(C(=O)O)C(N2CC3CCCC3C2)C1. The second-order valence-corrected chi connectivity index (χ2v) is 7.00. The lowest BCUT2D eigenvalue weighted by Gasteiger charge is -2.39. The highest BCUT2D eigenvalue weighted by Gasteiger charge is 2.44. The molecule has 0 bridgehead atoms. The van der Waals surface area contributed by atoms with Crippen molar-refractivity contribution in [3.8, 4) is 0 Å². The fourth-order valence-corrected chi connectivity index (χ4v) is 4.84. The number of hydrogen-bond acceptors (Lipinski definition) is 2. The summed E-state index contributed by atoms with van der Waals surface area (Å²) >= 11 is 0. The van der Waals surface area contributed by atoms with Crippen molar-refractivity contribution < 1.29 is 9.90 Å². The van der Waals surface area contributed by atoms with Crippen molar-refractivity contribution >= 4 is 5.97 Å². The summed E-state index contributed by atoms with van der Waals surface area (Å²) in [4.78, 5) is 14.1. The van der Waals surface area contributed by atoms with Crippen LogP contribution in [0.1, 0.15) is 51.9 Å². The number of fused-ring (bicyclic) bond motifs is 1. The van der Waals surface area contributed by atoms with Gasteiger partial charge in [0.05, 0.1) is 5.92 Å². The molecule has 1 aliphatic heterocycles. The monoisotopic (exact) mass is 265 g/mol. The molecule has 2 saturated carbocycles. The summed E-state index contributed by atoms with van der Waals surface area (Å²) in [7, 11) is 0. The summed E-state index contributed by atoms with van der Waals surface area (Å²) in [6, 6.07) is 0.321. The smallest absolute Gasteiger partial charge is 0.308 e. The van der Waals surface area contributed by atoms with Crippen LogP contribution >= 0.6 is 0 Å². The van der Waals surface area contributed by atoms with E-state index in [1.54, 1.807) is 0 Å². The van der Waals surface area contributed by atoms with Gasteiger partial charge in [0.1, 0.15) is 0 Å². The van der Waals surface area contributed by atoms with E-state index in [0.717, 1.165) is 37.0 Å². The summed E-state index contributed by atoms with van der Waals surface area (Å²) in [5.74, 6) is 1.83. The van der Waals surface area contributed by atoms with Gasteiger partial charge in [0, 0.05) is 19.1 Å². The molecule has 3 rings (SSSR count). The van der Waals surface area contributed by atoms with Crippen molar-refractivity contribution in [3.05, 3.63) is 0 Å². The van der Waals surface area contributed by atoms with E-state index in [2.05, 4.69) is 11.8 Å². The zero-order chi connectivity index (χ0) is 13.4. The van der Waals surface area contributed by atoms with E-state index in [1.165, 1.54) is 38.8 Å². The lowest BCUT2D eigenvalue weighted by atomic mass is 9.76. The van der Waals surface area contributed by atoms with Crippen LogP contribution in [0, 0.1) is 23.7 Å². The number of aliphatic carboxylic acids is 1. The number of rotatable bonds is 3. The summed E-state index contributed by atoms with van der Waals surface area (Å²) in [5.41, 5.74) is 0. The van der Waals surface area contributed by atoms with Crippen molar-refractivity contribution in [2.75, 3.05) is 13.1 Å². The minimum absolute atomic E-state index is 0.110. The fourth-order valence-electron chi connectivity index (χ4n) is 4.84. The second kappa shape index (κ2) is 5.43. The van der Waals surface area contributed by atoms with Crippen LogP contribution in [0.4, 0.5) is 0 Å². The summed E-state index contributed by atoms with van der Waals surface area (Å²) in [6.07, 6.45) is 8.49. The third-order valence-electron chi connectivity index (χ3n) is 6.04. The molecule has 1 saturated heterocycles. The van der Waals surface area contributed by atoms with Crippen molar-refractivity contribution in [1.29, 1.82) is 0 Å². The molecule has 0 radical (unpaired) electrons. The highest BCUT2D eigenvalue weighted by molar-refractivity contribution is 5.71. The van der Waals surface area contributed by atoms with Gasteiger partial charge in [0.15, 0.2) is 0 Å². The second-order valence-electron chi connectivity index (χ2n) is 7.00. The molecule has 0 spiro atoms. The standard InChI is InChI=1S/C16H27NO2/c1-2-11-6-7-14(16(18)19)15(8-11)17-9-12-4-3-5-13(12)10-17/h11-15H,2-10H2,1H3,(H,18,19). The van der Waals surface area contributed by atoms with E-state index >= 15 is 0 Å². The average Bonchev–Trinajstić information content (AvgIpc) is 2.98. The Bertz CT molecular complexity index is 332. The third-order valence-corrected chi connectivity index (χ3v) is 6.04. The first kappa shape index (κ1) is 13.4. The largest absolute Gasteiger partial charge is 0.481 e. The number of carboxylic acid groups (broad SMARTS) is 1. The zero-order valence-electron chi connectivity index (χ0n) is 12.1. The van der Waals surface area contributed by atoms with E-state index in [1.807, 2.05) is 0 Å². The van der Waals surface area contributed by atoms with Crippen LogP contribution in [0.25, 0.3) is 0 Å². The number of carboxylic acids is 1. The average molecular weight is 265 g/mol. The van der Waals surface area contributed by atoms with Crippen molar-refractivity contribution in [2.45, 2.75) is 57.9 Å². The zero-order valence-corrected chi connectivity index (χ0v) is 12.1. The maximum Gasteiger partial charge on any atom is 0.308 e. The van der Waals surface area contributed by atoms with Gasteiger partial charge in [0.2, 0.25) is 0 Å². The molecular formula is C16H27NO2. The van der Waals surface area contributed by atoms with E-state index in [-0.39, 0.29) is 5.92 Å². The minimum Gasteiger partial charge on any atom is -0.481 e. The summed E-state index contributed by atoms with van der Waals surface area (Å²) in [5, 5.41) is 9.50. The molecular weight excluding hydrogens is 238 g/mol. The maximum atomic E-state index is 11.5. The Hall–Kier alpha value is -0.570. The lowest BCUT2D eigenvalue weighted by molar-refractivity contribution is -0.146.